The molecule has 21 heavy (non-hydrogen) atoms. The highest BCUT2D eigenvalue weighted by Crippen LogP contribution is 2.34. The molecular weight excluding hydrogens is 315 g/mol. The molecular formula is C11H11ClF3N3O3. The van der Waals surface area contributed by atoms with Gasteiger partial charge in [-0.25, -0.2) is 4.79 Å². The summed E-state index contributed by atoms with van der Waals surface area (Å²) in [6.45, 7) is 2.19. The molecule has 3 N–H and O–H groups in total. The highest BCUT2D eigenvalue weighted by molar-refractivity contribution is 6.34. The van der Waals surface area contributed by atoms with Crippen LogP contribution in [0.25, 0.3) is 0 Å². The van der Waals surface area contributed by atoms with Crippen molar-refractivity contribution in [3.05, 3.63) is 22.0 Å². The van der Waals surface area contributed by atoms with Crippen molar-refractivity contribution >= 4 is 23.5 Å². The van der Waals surface area contributed by atoms with Gasteiger partial charge in [-0.15, -0.1) is 0 Å². The molecule has 10 heteroatoms. The summed E-state index contributed by atoms with van der Waals surface area (Å²) >= 11 is 5.98. The van der Waals surface area contributed by atoms with E-state index in [-0.39, 0.29) is 22.8 Å². The van der Waals surface area contributed by atoms with Crippen LogP contribution in [-0.2, 0) is 16.1 Å². The van der Waals surface area contributed by atoms with Crippen molar-refractivity contribution in [2.45, 2.75) is 25.9 Å². The summed E-state index contributed by atoms with van der Waals surface area (Å²) < 4.78 is 42.8. The molecule has 1 aromatic heterocycles. The van der Waals surface area contributed by atoms with E-state index in [2.05, 4.69) is 10.1 Å². The van der Waals surface area contributed by atoms with E-state index in [4.69, 9.17) is 17.3 Å². The summed E-state index contributed by atoms with van der Waals surface area (Å²) in [5.41, 5.74) is 5.54. The van der Waals surface area contributed by atoms with Crippen LogP contribution < -0.4 is 11.1 Å². The molecule has 2 heterocycles. The van der Waals surface area contributed by atoms with Crippen LogP contribution in [0.4, 0.5) is 13.2 Å². The van der Waals surface area contributed by atoms with Gasteiger partial charge in [-0.05, 0) is 6.92 Å². The molecule has 6 nitrogen and oxygen atoms in total. The summed E-state index contributed by atoms with van der Waals surface area (Å²) in [5, 5.41) is 2.62. The van der Waals surface area contributed by atoms with Gasteiger partial charge < -0.3 is 15.0 Å². The number of ether oxygens (including phenoxy) is 1. The number of nitrogens with zero attached hydrogens (tertiary/aromatic N) is 1. The third-order valence-electron chi connectivity index (χ3n) is 3.11. The van der Waals surface area contributed by atoms with Crippen molar-refractivity contribution in [1.82, 2.24) is 9.88 Å². The number of primary amides is 1. The molecule has 1 atom stereocenters. The number of hydrogen-bond acceptors (Lipinski definition) is 4. The summed E-state index contributed by atoms with van der Waals surface area (Å²) in [5.74, 6) is -3.27. The number of aromatic nitrogens is 1. The normalized spacial score (nSPS) is 18.2. The van der Waals surface area contributed by atoms with Crippen LogP contribution in [0.1, 0.15) is 28.0 Å². The molecule has 116 valence electrons. The third kappa shape index (κ3) is 2.70. The van der Waals surface area contributed by atoms with Crippen LogP contribution in [0.3, 0.4) is 0 Å². The second-order valence-electron chi connectivity index (χ2n) is 4.41. The molecule has 0 spiro atoms. The lowest BCUT2D eigenvalue weighted by Gasteiger charge is -2.27. The molecule has 0 radical (unpaired) electrons. The highest BCUT2D eigenvalue weighted by atomic mass is 35.5. The lowest BCUT2D eigenvalue weighted by atomic mass is 10.2. The number of rotatable bonds is 2. The quantitative estimate of drug-likeness (QED) is 0.801. The Kier molecular flexibility index (Phi) is 3.89. The van der Waals surface area contributed by atoms with E-state index >= 15 is 0 Å². The van der Waals surface area contributed by atoms with E-state index in [1.54, 1.807) is 6.92 Å². The Labute approximate surface area is 122 Å². The molecule has 0 fully saturated rings. The first-order valence-electron chi connectivity index (χ1n) is 5.84. The predicted octanol–water partition coefficient (Wildman–Crippen LogP) is 1.26. The van der Waals surface area contributed by atoms with Gasteiger partial charge in [0.25, 0.3) is 5.91 Å². The molecule has 1 aliphatic heterocycles. The van der Waals surface area contributed by atoms with Gasteiger partial charge in [0.2, 0.25) is 0 Å². The maximum absolute atomic E-state index is 12.3. The molecule has 1 aliphatic rings. The molecule has 0 aliphatic carbocycles. The van der Waals surface area contributed by atoms with Gasteiger partial charge in [-0.3, -0.25) is 10.1 Å². The number of fused-ring (bicyclic) bond motifs is 1. The number of esters is 1. The first-order chi connectivity index (χ1) is 9.64. The van der Waals surface area contributed by atoms with Gasteiger partial charge in [0.1, 0.15) is 0 Å². The highest BCUT2D eigenvalue weighted by Gasteiger charge is 2.44. The maximum atomic E-state index is 12.3. The minimum Gasteiger partial charge on any atom is -0.434 e. The molecule has 1 unspecified atom stereocenters. The Morgan fingerprint density at radius 3 is 2.62 bits per heavy atom. The fraction of sp³-hybridized carbons (Fsp3) is 0.455. The van der Waals surface area contributed by atoms with E-state index in [1.807, 2.05) is 0 Å². The minimum atomic E-state index is -5.14. The average Bonchev–Trinajstić information content (AvgIpc) is 2.62. The summed E-state index contributed by atoms with van der Waals surface area (Å²) in [6, 6.07) is 0. The zero-order chi connectivity index (χ0) is 15.9. The van der Waals surface area contributed by atoms with Crippen LogP contribution in [-0.4, -0.2) is 29.2 Å². The minimum absolute atomic E-state index is 0.0221. The van der Waals surface area contributed by atoms with Crippen molar-refractivity contribution in [2.24, 2.45) is 5.73 Å². The number of halogens is 4. The Morgan fingerprint density at radius 2 is 2.10 bits per heavy atom. The zero-order valence-electron chi connectivity index (χ0n) is 10.8. The fourth-order valence-electron chi connectivity index (χ4n) is 2.20. The van der Waals surface area contributed by atoms with Crippen molar-refractivity contribution < 1.29 is 27.5 Å². The van der Waals surface area contributed by atoms with E-state index < -0.39 is 24.3 Å². The van der Waals surface area contributed by atoms with E-state index in [1.165, 1.54) is 4.57 Å². The fourth-order valence-corrected chi connectivity index (χ4v) is 2.49. The number of nitrogens with two attached hydrogens (primary N) is 1. The van der Waals surface area contributed by atoms with Gasteiger partial charge in [0, 0.05) is 18.8 Å². The third-order valence-corrected chi connectivity index (χ3v) is 3.57. The predicted molar refractivity (Wildman–Crippen MR) is 65.6 cm³/mol. The average molecular weight is 326 g/mol. The van der Waals surface area contributed by atoms with Crippen LogP contribution in [0, 0.1) is 6.92 Å². The number of amides is 1. The molecule has 0 saturated carbocycles. The van der Waals surface area contributed by atoms with Gasteiger partial charge >= 0.3 is 12.1 Å². The van der Waals surface area contributed by atoms with Crippen LogP contribution in [0.5, 0.6) is 0 Å². The summed E-state index contributed by atoms with van der Waals surface area (Å²) in [4.78, 5) is 22.4. The number of nitrogens with one attached hydrogen (secondary N) is 1. The molecule has 0 aromatic carbocycles. The van der Waals surface area contributed by atoms with Gasteiger partial charge in [-0.2, -0.15) is 13.2 Å². The van der Waals surface area contributed by atoms with Crippen molar-refractivity contribution in [2.75, 3.05) is 6.54 Å². The number of hydrogen-bond donors (Lipinski definition) is 2. The molecule has 1 aromatic rings. The molecule has 1 amide bonds. The number of carbonyl (C=O) groups excluding carboxylic acids is 2. The second-order valence-corrected chi connectivity index (χ2v) is 4.79. The summed E-state index contributed by atoms with van der Waals surface area (Å²) in [6.07, 6.45) is -6.58. The van der Waals surface area contributed by atoms with E-state index in [0.29, 0.717) is 12.2 Å². The summed E-state index contributed by atoms with van der Waals surface area (Å²) in [7, 11) is 0. The molecule has 0 bridgehead atoms. The van der Waals surface area contributed by atoms with Crippen molar-refractivity contribution in [3.63, 3.8) is 0 Å². The van der Waals surface area contributed by atoms with E-state index in [0.717, 1.165) is 0 Å². The standard InChI is InChI=1S/C11H11ClF3N3O3/c1-4-6(12)5(8(16)19)7-9(17-2-3-18(4)7)21-10(20)11(13,14)15/h9,17H,2-3H2,1H3,(H2,16,19). The Bertz CT molecular complexity index is 612. The SMILES string of the molecule is Cc1c(Cl)c(C(N)=O)c2n1CCNC2OC(=O)C(F)(F)F. The lowest BCUT2D eigenvalue weighted by molar-refractivity contribution is -0.207. The van der Waals surface area contributed by atoms with Crippen LogP contribution >= 0.6 is 11.6 Å². The van der Waals surface area contributed by atoms with Crippen molar-refractivity contribution in [3.8, 4) is 0 Å². The zero-order valence-corrected chi connectivity index (χ0v) is 11.5. The lowest BCUT2D eigenvalue weighted by Crippen LogP contribution is -2.40. The number of carbonyl (C=O) groups is 2. The molecule has 0 saturated heterocycles. The topological polar surface area (TPSA) is 86.3 Å². The first kappa shape index (κ1) is 15.6. The van der Waals surface area contributed by atoms with Gasteiger partial charge in [0.05, 0.1) is 16.3 Å². The second kappa shape index (κ2) is 5.23. The van der Waals surface area contributed by atoms with E-state index in [9.17, 15) is 22.8 Å². The Morgan fingerprint density at radius 1 is 1.48 bits per heavy atom. The number of alkyl halides is 3. The largest absolute Gasteiger partial charge is 0.490 e. The first-order valence-corrected chi connectivity index (χ1v) is 6.21. The van der Waals surface area contributed by atoms with Gasteiger partial charge in [-0.1, -0.05) is 11.6 Å². The molecule has 2 rings (SSSR count). The Hall–Kier alpha value is -1.74. The Balaban J connectivity index is 2.46. The smallest absolute Gasteiger partial charge is 0.434 e. The van der Waals surface area contributed by atoms with Gasteiger partial charge in [0.15, 0.2) is 6.23 Å². The maximum Gasteiger partial charge on any atom is 0.490 e. The van der Waals surface area contributed by atoms with Crippen LogP contribution in [0.2, 0.25) is 5.02 Å². The van der Waals surface area contributed by atoms with Crippen molar-refractivity contribution in [1.29, 1.82) is 0 Å². The van der Waals surface area contributed by atoms with Crippen LogP contribution in [0.15, 0.2) is 0 Å². The monoisotopic (exact) mass is 325 g/mol.